The molecule has 0 aromatic carbocycles. The zero-order valence-electron chi connectivity index (χ0n) is 10.8. The average molecular weight is 237 g/mol. The standard InChI is InChI=1S/C13H23N3O/c1-3-4-7-17-8-5-6-15-13-9-12(14)11(2)10-16-13/h9-10H,3-8H2,1-2H3,(H3,14,15,16). The van der Waals surface area contributed by atoms with Crippen LogP contribution in [0.1, 0.15) is 31.7 Å². The first-order valence-electron chi connectivity index (χ1n) is 6.27. The fraction of sp³-hybridized carbons (Fsp3) is 0.615. The van der Waals surface area contributed by atoms with E-state index >= 15 is 0 Å². The number of unbranched alkanes of at least 4 members (excludes halogenated alkanes) is 1. The molecule has 4 heteroatoms. The topological polar surface area (TPSA) is 60.2 Å². The molecule has 1 heterocycles. The highest BCUT2D eigenvalue weighted by Crippen LogP contribution is 2.13. The van der Waals surface area contributed by atoms with Crippen LogP contribution in [0.4, 0.5) is 11.5 Å². The maximum atomic E-state index is 5.80. The van der Waals surface area contributed by atoms with E-state index < -0.39 is 0 Å². The van der Waals surface area contributed by atoms with Crippen molar-refractivity contribution in [2.45, 2.75) is 33.1 Å². The summed E-state index contributed by atoms with van der Waals surface area (Å²) in [6.45, 7) is 6.65. The molecular weight excluding hydrogens is 214 g/mol. The predicted octanol–water partition coefficient (Wildman–Crippen LogP) is 2.59. The van der Waals surface area contributed by atoms with E-state index in [0.29, 0.717) is 0 Å². The SMILES string of the molecule is CCCCOCCCNc1cc(N)c(C)cn1. The van der Waals surface area contributed by atoms with E-state index in [1.54, 1.807) is 6.20 Å². The molecule has 0 aliphatic heterocycles. The molecule has 0 fully saturated rings. The quantitative estimate of drug-likeness (QED) is 0.682. The lowest BCUT2D eigenvalue weighted by atomic mass is 10.2. The Bertz CT molecular complexity index is 328. The van der Waals surface area contributed by atoms with Gasteiger partial charge in [-0.2, -0.15) is 0 Å². The summed E-state index contributed by atoms with van der Waals surface area (Å²) in [5, 5.41) is 3.23. The number of aryl methyl sites for hydroxylation is 1. The van der Waals surface area contributed by atoms with Crippen LogP contribution < -0.4 is 11.1 Å². The van der Waals surface area contributed by atoms with Crippen molar-refractivity contribution in [3.05, 3.63) is 17.8 Å². The van der Waals surface area contributed by atoms with Gasteiger partial charge in [0.1, 0.15) is 5.82 Å². The lowest BCUT2D eigenvalue weighted by Gasteiger charge is -2.07. The Morgan fingerprint density at radius 2 is 2.12 bits per heavy atom. The number of nitrogen functional groups attached to an aromatic ring is 1. The highest BCUT2D eigenvalue weighted by atomic mass is 16.5. The van der Waals surface area contributed by atoms with Gasteiger partial charge in [0.2, 0.25) is 0 Å². The van der Waals surface area contributed by atoms with Crippen molar-refractivity contribution in [1.29, 1.82) is 0 Å². The second kappa shape index (κ2) is 7.90. The molecule has 4 nitrogen and oxygen atoms in total. The highest BCUT2D eigenvalue weighted by Gasteiger charge is 1.97. The first-order chi connectivity index (χ1) is 8.24. The van der Waals surface area contributed by atoms with E-state index in [4.69, 9.17) is 10.5 Å². The van der Waals surface area contributed by atoms with E-state index in [2.05, 4.69) is 17.2 Å². The van der Waals surface area contributed by atoms with Gasteiger partial charge >= 0.3 is 0 Å². The van der Waals surface area contributed by atoms with Crippen molar-refractivity contribution >= 4 is 11.5 Å². The fourth-order valence-electron chi connectivity index (χ4n) is 1.38. The number of hydrogen-bond acceptors (Lipinski definition) is 4. The van der Waals surface area contributed by atoms with Crippen LogP contribution in [-0.4, -0.2) is 24.7 Å². The van der Waals surface area contributed by atoms with E-state index in [1.807, 2.05) is 13.0 Å². The molecule has 0 aliphatic rings. The maximum absolute atomic E-state index is 5.80. The van der Waals surface area contributed by atoms with Gasteiger partial charge in [0, 0.05) is 37.7 Å². The summed E-state index contributed by atoms with van der Waals surface area (Å²) in [5.41, 5.74) is 7.59. The number of ether oxygens (including phenoxy) is 1. The third-order valence-corrected chi connectivity index (χ3v) is 2.56. The minimum atomic E-state index is 0.779. The zero-order valence-corrected chi connectivity index (χ0v) is 10.8. The summed E-state index contributed by atoms with van der Waals surface area (Å²) in [7, 11) is 0. The monoisotopic (exact) mass is 237 g/mol. The van der Waals surface area contributed by atoms with Crippen LogP contribution in [0.2, 0.25) is 0 Å². The molecule has 0 aliphatic carbocycles. The molecule has 17 heavy (non-hydrogen) atoms. The third-order valence-electron chi connectivity index (χ3n) is 2.56. The predicted molar refractivity (Wildman–Crippen MR) is 72.2 cm³/mol. The summed E-state index contributed by atoms with van der Waals surface area (Å²) >= 11 is 0. The number of aromatic nitrogens is 1. The second-order valence-electron chi connectivity index (χ2n) is 4.17. The molecule has 0 saturated heterocycles. The van der Waals surface area contributed by atoms with Crippen LogP contribution in [0.25, 0.3) is 0 Å². The summed E-state index contributed by atoms with van der Waals surface area (Å²) in [4.78, 5) is 4.25. The molecule has 0 amide bonds. The van der Waals surface area contributed by atoms with Gasteiger partial charge in [0.25, 0.3) is 0 Å². The summed E-state index contributed by atoms with van der Waals surface area (Å²) in [5.74, 6) is 0.835. The summed E-state index contributed by atoms with van der Waals surface area (Å²) in [6.07, 6.45) is 5.10. The lowest BCUT2D eigenvalue weighted by molar-refractivity contribution is 0.131. The van der Waals surface area contributed by atoms with Crippen molar-refractivity contribution in [1.82, 2.24) is 4.98 Å². The molecule has 0 atom stereocenters. The Kier molecular flexibility index (Phi) is 6.40. The third kappa shape index (κ3) is 5.54. The van der Waals surface area contributed by atoms with Gasteiger partial charge in [0.15, 0.2) is 0 Å². The molecule has 1 aromatic heterocycles. The Labute approximate surface area is 104 Å². The van der Waals surface area contributed by atoms with Gasteiger partial charge in [-0.1, -0.05) is 13.3 Å². The number of nitrogens with one attached hydrogen (secondary N) is 1. The first-order valence-corrected chi connectivity index (χ1v) is 6.27. The smallest absolute Gasteiger partial charge is 0.127 e. The largest absolute Gasteiger partial charge is 0.398 e. The molecule has 0 bridgehead atoms. The summed E-state index contributed by atoms with van der Waals surface area (Å²) in [6, 6.07) is 1.87. The van der Waals surface area contributed by atoms with Crippen LogP contribution in [0.3, 0.4) is 0 Å². The van der Waals surface area contributed by atoms with Crippen LogP contribution in [-0.2, 0) is 4.74 Å². The second-order valence-corrected chi connectivity index (χ2v) is 4.17. The molecule has 0 spiro atoms. The minimum Gasteiger partial charge on any atom is -0.398 e. The number of pyridine rings is 1. The Morgan fingerprint density at radius 3 is 2.82 bits per heavy atom. The molecule has 1 aromatic rings. The average Bonchev–Trinajstić information content (AvgIpc) is 2.32. The van der Waals surface area contributed by atoms with Crippen LogP contribution in [0.15, 0.2) is 12.3 Å². The first kappa shape index (κ1) is 13.8. The molecule has 0 radical (unpaired) electrons. The van der Waals surface area contributed by atoms with E-state index in [9.17, 15) is 0 Å². The van der Waals surface area contributed by atoms with Gasteiger partial charge in [-0.25, -0.2) is 4.98 Å². The molecule has 1 rings (SSSR count). The normalized spacial score (nSPS) is 10.5. The van der Waals surface area contributed by atoms with Gasteiger partial charge in [-0.15, -0.1) is 0 Å². The van der Waals surface area contributed by atoms with E-state index in [1.165, 1.54) is 6.42 Å². The molecule has 96 valence electrons. The number of anilines is 2. The highest BCUT2D eigenvalue weighted by molar-refractivity contribution is 5.53. The Balaban J connectivity index is 2.11. The Morgan fingerprint density at radius 1 is 1.35 bits per heavy atom. The van der Waals surface area contributed by atoms with Crippen molar-refractivity contribution in [3.8, 4) is 0 Å². The van der Waals surface area contributed by atoms with Crippen molar-refractivity contribution in [3.63, 3.8) is 0 Å². The fourth-order valence-corrected chi connectivity index (χ4v) is 1.38. The maximum Gasteiger partial charge on any atom is 0.127 e. The zero-order chi connectivity index (χ0) is 12.5. The van der Waals surface area contributed by atoms with Crippen molar-refractivity contribution < 1.29 is 4.74 Å². The van der Waals surface area contributed by atoms with Gasteiger partial charge in [-0.05, 0) is 25.3 Å². The van der Waals surface area contributed by atoms with Crippen LogP contribution in [0.5, 0.6) is 0 Å². The van der Waals surface area contributed by atoms with E-state index in [0.717, 1.165) is 49.7 Å². The van der Waals surface area contributed by atoms with Crippen molar-refractivity contribution in [2.75, 3.05) is 30.8 Å². The van der Waals surface area contributed by atoms with Gasteiger partial charge < -0.3 is 15.8 Å². The number of nitrogens with zero attached hydrogens (tertiary/aromatic N) is 1. The molecule has 0 unspecified atom stereocenters. The Hall–Kier alpha value is -1.29. The number of hydrogen-bond donors (Lipinski definition) is 2. The lowest BCUT2D eigenvalue weighted by Crippen LogP contribution is -2.08. The minimum absolute atomic E-state index is 0.779. The van der Waals surface area contributed by atoms with Crippen LogP contribution in [0, 0.1) is 6.92 Å². The van der Waals surface area contributed by atoms with Gasteiger partial charge in [0.05, 0.1) is 0 Å². The van der Waals surface area contributed by atoms with Gasteiger partial charge in [-0.3, -0.25) is 0 Å². The van der Waals surface area contributed by atoms with E-state index in [-0.39, 0.29) is 0 Å². The number of rotatable bonds is 8. The van der Waals surface area contributed by atoms with Crippen molar-refractivity contribution in [2.24, 2.45) is 0 Å². The molecule has 3 N–H and O–H groups in total. The molecule has 0 saturated carbocycles. The van der Waals surface area contributed by atoms with Crippen LogP contribution >= 0.6 is 0 Å². The molecular formula is C13H23N3O. The summed E-state index contributed by atoms with van der Waals surface area (Å²) < 4.78 is 5.47. The number of nitrogens with two attached hydrogens (primary N) is 1.